The average molecular weight is 516 g/mol. The number of alkyl halides is 3. The van der Waals surface area contributed by atoms with Crippen LogP contribution < -0.4 is 9.64 Å². The van der Waals surface area contributed by atoms with Crippen molar-refractivity contribution in [1.29, 1.82) is 10.8 Å². The van der Waals surface area contributed by atoms with Gasteiger partial charge in [-0.25, -0.2) is 14.8 Å². The Bertz CT molecular complexity index is 1360. The van der Waals surface area contributed by atoms with Crippen molar-refractivity contribution in [1.82, 2.24) is 0 Å². The Hall–Kier alpha value is -3.85. The molecular formula is C25H20F4N4O4. The van der Waals surface area contributed by atoms with Gasteiger partial charge in [-0.2, -0.15) is 23.5 Å². The van der Waals surface area contributed by atoms with Gasteiger partial charge < -0.3 is 9.47 Å². The van der Waals surface area contributed by atoms with Crippen LogP contribution in [-0.2, 0) is 20.5 Å². The standard InChI is InChI=1S/C25H20F4N4O4/c1-22-8-9-23(37-22,10-11-36-17-6-3-15(26)4-7-17)24(32-31)19(22)20(34)33(21(24)35)16-5-2-14(13-30)18(12-16)25(27,28)29/h2-7,12,19,31H,8-11H2,1H3/t19?,22?,23?,24-/m1/s1. The van der Waals surface area contributed by atoms with E-state index in [1.165, 1.54) is 30.3 Å². The molecule has 0 radical (unpaired) electrons. The second-order valence-electron chi connectivity index (χ2n) is 9.59. The molecule has 12 heteroatoms. The summed E-state index contributed by atoms with van der Waals surface area (Å²) in [7, 11) is 0. The van der Waals surface area contributed by atoms with E-state index in [2.05, 4.69) is 5.11 Å². The number of hydrogen-bond acceptors (Lipinski definition) is 7. The Morgan fingerprint density at radius 1 is 1.22 bits per heavy atom. The van der Waals surface area contributed by atoms with Gasteiger partial charge in [0, 0.05) is 6.42 Å². The fourth-order valence-corrected chi connectivity index (χ4v) is 6.03. The molecule has 3 aliphatic heterocycles. The van der Waals surface area contributed by atoms with Gasteiger partial charge >= 0.3 is 6.18 Å². The molecule has 3 saturated heterocycles. The second-order valence-corrected chi connectivity index (χ2v) is 9.59. The first-order valence-corrected chi connectivity index (χ1v) is 11.4. The maximum absolute atomic E-state index is 13.9. The first-order chi connectivity index (χ1) is 17.4. The summed E-state index contributed by atoms with van der Waals surface area (Å²) in [4.78, 5) is 28.1. The summed E-state index contributed by atoms with van der Waals surface area (Å²) < 4.78 is 65.9. The molecule has 3 unspecified atom stereocenters. The van der Waals surface area contributed by atoms with Crippen LogP contribution in [-0.4, -0.2) is 35.2 Å². The van der Waals surface area contributed by atoms with Crippen molar-refractivity contribution in [3.8, 4) is 11.8 Å². The van der Waals surface area contributed by atoms with Crippen molar-refractivity contribution in [2.24, 2.45) is 11.0 Å². The molecule has 2 aromatic rings. The molecule has 5 rings (SSSR count). The van der Waals surface area contributed by atoms with E-state index in [-0.39, 0.29) is 25.1 Å². The number of amides is 2. The fourth-order valence-electron chi connectivity index (χ4n) is 6.03. The summed E-state index contributed by atoms with van der Waals surface area (Å²) in [6.45, 7) is 1.62. The highest BCUT2D eigenvalue weighted by Crippen LogP contribution is 2.66. The van der Waals surface area contributed by atoms with Gasteiger partial charge in [-0.15, -0.1) is 0 Å². The summed E-state index contributed by atoms with van der Waals surface area (Å²) in [5.41, 5.74) is 1.15. The average Bonchev–Trinajstić information content (AvgIpc) is 3.41. The van der Waals surface area contributed by atoms with Crippen molar-refractivity contribution in [2.45, 2.75) is 49.1 Å². The zero-order valence-corrected chi connectivity index (χ0v) is 19.4. The SMILES string of the molecule is CC12CCC(CCOc3ccc(F)cc3)(O1)[C@]1(N=N)C(=O)N(c3ccc(C#N)c(C(F)(F)F)c3)C(=O)C21. The number of nitrogens with zero attached hydrogens (tertiary/aromatic N) is 3. The predicted molar refractivity (Wildman–Crippen MR) is 118 cm³/mol. The van der Waals surface area contributed by atoms with Crippen LogP contribution in [0.15, 0.2) is 47.6 Å². The lowest BCUT2D eigenvalue weighted by atomic mass is 9.62. The number of anilines is 1. The monoisotopic (exact) mass is 516 g/mol. The van der Waals surface area contributed by atoms with E-state index in [0.29, 0.717) is 23.1 Å². The van der Waals surface area contributed by atoms with Crippen LogP contribution in [0.4, 0.5) is 23.2 Å². The molecule has 0 aromatic heterocycles. The number of benzene rings is 2. The lowest BCUT2D eigenvalue weighted by Crippen LogP contribution is -2.59. The molecule has 3 fully saturated rings. The molecule has 0 aliphatic carbocycles. The minimum Gasteiger partial charge on any atom is -0.493 e. The molecular weight excluding hydrogens is 496 g/mol. The summed E-state index contributed by atoms with van der Waals surface area (Å²) in [6.07, 6.45) is -4.22. The molecule has 0 saturated carbocycles. The quantitative estimate of drug-likeness (QED) is 0.338. The Labute approximate surface area is 208 Å². The molecule has 8 nitrogen and oxygen atoms in total. The van der Waals surface area contributed by atoms with Crippen molar-refractivity contribution in [3.63, 3.8) is 0 Å². The highest BCUT2D eigenvalue weighted by atomic mass is 19.4. The van der Waals surface area contributed by atoms with E-state index in [9.17, 15) is 27.2 Å². The molecule has 3 aliphatic rings. The number of carbonyl (C=O) groups is 2. The van der Waals surface area contributed by atoms with E-state index < -0.39 is 57.6 Å². The number of nitrogens with one attached hydrogen (secondary N) is 1. The zero-order chi connectivity index (χ0) is 26.8. The number of halogens is 4. The van der Waals surface area contributed by atoms with Gasteiger partial charge in [0.05, 0.1) is 35.1 Å². The van der Waals surface area contributed by atoms with Crippen molar-refractivity contribution in [2.75, 3.05) is 11.5 Å². The summed E-state index contributed by atoms with van der Waals surface area (Å²) in [5.74, 6) is -3.09. The third kappa shape index (κ3) is 3.37. The van der Waals surface area contributed by atoms with Gasteiger partial charge in [0.2, 0.25) is 11.4 Å². The highest BCUT2D eigenvalue weighted by Gasteiger charge is 2.83. The van der Waals surface area contributed by atoms with Crippen LogP contribution in [0.1, 0.15) is 37.3 Å². The van der Waals surface area contributed by atoms with Crippen molar-refractivity contribution >= 4 is 17.5 Å². The number of carbonyl (C=O) groups excluding carboxylic acids is 2. The van der Waals surface area contributed by atoms with E-state index in [1.807, 2.05) is 0 Å². The lowest BCUT2D eigenvalue weighted by molar-refractivity contribution is -0.138. The molecule has 0 spiro atoms. The molecule has 2 bridgehead atoms. The molecule has 2 aromatic carbocycles. The first-order valence-electron chi connectivity index (χ1n) is 11.4. The van der Waals surface area contributed by atoms with E-state index >= 15 is 0 Å². The van der Waals surface area contributed by atoms with Crippen LogP contribution in [0.3, 0.4) is 0 Å². The Morgan fingerprint density at radius 2 is 1.92 bits per heavy atom. The first kappa shape index (κ1) is 24.8. The number of hydrogen-bond donors (Lipinski definition) is 1. The molecule has 4 atom stereocenters. The fraction of sp³-hybridized carbons (Fsp3) is 0.400. The van der Waals surface area contributed by atoms with Crippen LogP contribution in [0.5, 0.6) is 5.75 Å². The smallest absolute Gasteiger partial charge is 0.417 e. The minimum absolute atomic E-state index is 0.0116. The van der Waals surface area contributed by atoms with E-state index in [1.54, 1.807) is 6.92 Å². The molecule has 3 heterocycles. The predicted octanol–water partition coefficient (Wildman–Crippen LogP) is 4.77. The van der Waals surface area contributed by atoms with Crippen LogP contribution >= 0.6 is 0 Å². The summed E-state index contributed by atoms with van der Waals surface area (Å²) in [6, 6.07) is 9.32. The number of fused-ring (bicyclic) bond motifs is 5. The summed E-state index contributed by atoms with van der Waals surface area (Å²) >= 11 is 0. The number of imide groups is 1. The van der Waals surface area contributed by atoms with Crippen LogP contribution in [0.2, 0.25) is 0 Å². The van der Waals surface area contributed by atoms with Gasteiger partial charge in [-0.05, 0) is 62.2 Å². The maximum atomic E-state index is 13.9. The van der Waals surface area contributed by atoms with Gasteiger partial charge in [0.15, 0.2) is 0 Å². The van der Waals surface area contributed by atoms with Gasteiger partial charge in [-0.1, -0.05) is 0 Å². The van der Waals surface area contributed by atoms with E-state index in [4.69, 9.17) is 20.3 Å². The topological polar surface area (TPSA) is 116 Å². The van der Waals surface area contributed by atoms with Crippen molar-refractivity contribution < 1.29 is 36.6 Å². The maximum Gasteiger partial charge on any atom is 0.417 e. The molecule has 2 amide bonds. The summed E-state index contributed by atoms with van der Waals surface area (Å²) in [5, 5.41) is 12.8. The molecule has 37 heavy (non-hydrogen) atoms. The minimum atomic E-state index is -4.90. The zero-order valence-electron chi connectivity index (χ0n) is 19.4. The Kier molecular flexibility index (Phi) is 5.42. The highest BCUT2D eigenvalue weighted by molar-refractivity contribution is 6.27. The third-order valence-electron chi connectivity index (χ3n) is 7.63. The van der Waals surface area contributed by atoms with Crippen LogP contribution in [0.25, 0.3) is 0 Å². The van der Waals surface area contributed by atoms with E-state index in [0.717, 1.165) is 12.1 Å². The normalized spacial score (nSPS) is 30.4. The van der Waals surface area contributed by atoms with Crippen molar-refractivity contribution in [3.05, 3.63) is 59.4 Å². The Morgan fingerprint density at radius 3 is 2.54 bits per heavy atom. The largest absolute Gasteiger partial charge is 0.493 e. The second kappa shape index (κ2) is 8.08. The molecule has 192 valence electrons. The third-order valence-corrected chi connectivity index (χ3v) is 7.63. The van der Waals surface area contributed by atoms with Gasteiger partial charge in [0.1, 0.15) is 23.1 Å². The number of nitriles is 1. The molecule has 1 N–H and O–H groups in total. The lowest BCUT2D eigenvalue weighted by Gasteiger charge is -2.38. The van der Waals surface area contributed by atoms with Gasteiger partial charge in [-0.3, -0.25) is 9.59 Å². The van der Waals surface area contributed by atoms with Crippen LogP contribution in [0, 0.1) is 28.6 Å². The Balaban J connectivity index is 1.52. The number of rotatable bonds is 6. The van der Waals surface area contributed by atoms with Gasteiger partial charge in [0.25, 0.3) is 5.91 Å². The number of ether oxygens (including phenoxy) is 2.